The van der Waals surface area contributed by atoms with Crippen LogP contribution in [0.15, 0.2) is 0 Å². The third-order valence-corrected chi connectivity index (χ3v) is 5.02. The van der Waals surface area contributed by atoms with Gasteiger partial charge in [-0.3, -0.25) is 4.55 Å². The molecular formula is C11H20O3S. The van der Waals surface area contributed by atoms with Crippen LogP contribution < -0.4 is 0 Å². The Morgan fingerprint density at radius 1 is 1.40 bits per heavy atom. The lowest BCUT2D eigenvalue weighted by molar-refractivity contribution is 0.0633. The van der Waals surface area contributed by atoms with Crippen LogP contribution in [0, 0.1) is 17.3 Å². The molecule has 4 heteroatoms. The average Bonchev–Trinajstić information content (AvgIpc) is 1.97. The normalized spacial score (nSPS) is 41.5. The fourth-order valence-electron chi connectivity index (χ4n) is 3.94. The average molecular weight is 232 g/mol. The van der Waals surface area contributed by atoms with Crippen molar-refractivity contribution in [1.82, 2.24) is 0 Å². The maximum absolute atomic E-state index is 11.1. The first kappa shape index (κ1) is 11.4. The molecule has 0 aromatic rings. The molecule has 2 saturated carbocycles. The summed E-state index contributed by atoms with van der Waals surface area (Å²) >= 11 is 0. The largest absolute Gasteiger partial charge is 0.286 e. The van der Waals surface area contributed by atoms with Gasteiger partial charge in [0.05, 0.1) is 5.75 Å². The van der Waals surface area contributed by atoms with Crippen molar-refractivity contribution in [3.63, 3.8) is 0 Å². The topological polar surface area (TPSA) is 54.4 Å². The molecule has 1 N–H and O–H groups in total. The van der Waals surface area contributed by atoms with Gasteiger partial charge < -0.3 is 0 Å². The Bertz CT molecular complexity index is 332. The Morgan fingerprint density at radius 2 is 2.13 bits per heavy atom. The Morgan fingerprint density at radius 3 is 2.80 bits per heavy atom. The molecule has 88 valence electrons. The molecule has 2 fully saturated rings. The Balaban J connectivity index is 2.17. The van der Waals surface area contributed by atoms with Crippen LogP contribution >= 0.6 is 0 Å². The molecule has 0 radical (unpaired) electrons. The van der Waals surface area contributed by atoms with Crippen LogP contribution in [0.1, 0.15) is 45.4 Å². The molecule has 0 aliphatic heterocycles. The van der Waals surface area contributed by atoms with Crippen molar-refractivity contribution < 1.29 is 13.0 Å². The van der Waals surface area contributed by atoms with Crippen molar-refractivity contribution in [1.29, 1.82) is 0 Å². The lowest BCUT2D eigenvalue weighted by Gasteiger charge is -2.47. The van der Waals surface area contributed by atoms with Gasteiger partial charge in [0.25, 0.3) is 10.1 Å². The molecule has 2 aliphatic rings. The van der Waals surface area contributed by atoms with Gasteiger partial charge in [-0.1, -0.05) is 19.8 Å². The van der Waals surface area contributed by atoms with E-state index in [0.29, 0.717) is 11.8 Å². The van der Waals surface area contributed by atoms with E-state index in [0.717, 1.165) is 25.7 Å². The monoisotopic (exact) mass is 232 g/mol. The summed E-state index contributed by atoms with van der Waals surface area (Å²) < 4.78 is 31.1. The van der Waals surface area contributed by atoms with Gasteiger partial charge in [-0.25, -0.2) is 0 Å². The van der Waals surface area contributed by atoms with Gasteiger partial charge in [0.15, 0.2) is 0 Å². The summed E-state index contributed by atoms with van der Waals surface area (Å²) in [6, 6.07) is 0. The van der Waals surface area contributed by atoms with E-state index in [-0.39, 0.29) is 11.2 Å². The molecule has 0 aromatic heterocycles. The lowest BCUT2D eigenvalue weighted by atomic mass is 9.60. The van der Waals surface area contributed by atoms with Crippen molar-refractivity contribution in [2.24, 2.45) is 17.3 Å². The second kappa shape index (κ2) is 3.74. The molecule has 0 aromatic carbocycles. The van der Waals surface area contributed by atoms with Crippen LogP contribution in [0.4, 0.5) is 0 Å². The van der Waals surface area contributed by atoms with Gasteiger partial charge in [0.2, 0.25) is 0 Å². The highest BCUT2D eigenvalue weighted by Gasteiger charge is 2.44. The summed E-state index contributed by atoms with van der Waals surface area (Å²) in [5.74, 6) is 1.30. The first-order valence-electron chi connectivity index (χ1n) is 5.84. The van der Waals surface area contributed by atoms with E-state index in [1.54, 1.807) is 0 Å². The minimum absolute atomic E-state index is 0.0131. The molecule has 3 atom stereocenters. The first-order chi connectivity index (χ1) is 6.89. The molecule has 0 amide bonds. The Kier molecular flexibility index (Phi) is 2.84. The summed E-state index contributed by atoms with van der Waals surface area (Å²) in [4.78, 5) is 0. The van der Waals surface area contributed by atoms with E-state index in [2.05, 4.69) is 6.92 Å². The Labute approximate surface area is 92.0 Å². The number of hydrogen-bond donors (Lipinski definition) is 1. The minimum atomic E-state index is -3.81. The van der Waals surface area contributed by atoms with E-state index in [1.165, 1.54) is 12.8 Å². The van der Waals surface area contributed by atoms with Gasteiger partial charge in [-0.15, -0.1) is 0 Å². The van der Waals surface area contributed by atoms with E-state index in [4.69, 9.17) is 4.55 Å². The molecule has 2 rings (SSSR count). The van der Waals surface area contributed by atoms with Gasteiger partial charge >= 0.3 is 0 Å². The highest BCUT2D eigenvalue weighted by molar-refractivity contribution is 7.85. The maximum Gasteiger partial charge on any atom is 0.265 e. The second-order valence-corrected chi connectivity index (χ2v) is 7.19. The minimum Gasteiger partial charge on any atom is -0.286 e. The predicted octanol–water partition coefficient (Wildman–Crippen LogP) is 2.48. The molecular weight excluding hydrogens is 212 g/mol. The van der Waals surface area contributed by atoms with Crippen molar-refractivity contribution in [2.75, 3.05) is 5.75 Å². The van der Waals surface area contributed by atoms with Crippen molar-refractivity contribution in [2.45, 2.75) is 45.4 Å². The van der Waals surface area contributed by atoms with Crippen LogP contribution in [0.25, 0.3) is 0 Å². The quantitative estimate of drug-likeness (QED) is 0.744. The molecule has 3 unspecified atom stereocenters. The summed E-state index contributed by atoms with van der Waals surface area (Å²) in [6.07, 6.45) is 6.59. The van der Waals surface area contributed by atoms with Crippen molar-refractivity contribution >= 4 is 10.1 Å². The summed E-state index contributed by atoms with van der Waals surface area (Å²) in [5.41, 5.74) is -0.103. The molecule has 2 bridgehead atoms. The zero-order valence-corrected chi connectivity index (χ0v) is 10.1. The number of fused-ring (bicyclic) bond motifs is 2. The maximum atomic E-state index is 11.1. The van der Waals surface area contributed by atoms with Crippen LogP contribution in [-0.4, -0.2) is 18.7 Å². The third-order valence-electron chi connectivity index (χ3n) is 4.05. The highest BCUT2D eigenvalue weighted by atomic mass is 32.2. The van der Waals surface area contributed by atoms with Crippen LogP contribution in [0.2, 0.25) is 0 Å². The second-order valence-electron chi connectivity index (χ2n) is 5.73. The van der Waals surface area contributed by atoms with Crippen molar-refractivity contribution in [3.05, 3.63) is 0 Å². The number of hydrogen-bond acceptors (Lipinski definition) is 2. The van der Waals surface area contributed by atoms with Crippen LogP contribution in [0.5, 0.6) is 0 Å². The van der Waals surface area contributed by atoms with Gasteiger partial charge in [-0.05, 0) is 42.9 Å². The zero-order chi connectivity index (χ0) is 11.1. The van der Waals surface area contributed by atoms with Crippen LogP contribution in [-0.2, 0) is 10.1 Å². The van der Waals surface area contributed by atoms with E-state index in [9.17, 15) is 8.42 Å². The lowest BCUT2D eigenvalue weighted by Crippen LogP contribution is -2.40. The van der Waals surface area contributed by atoms with Crippen LogP contribution in [0.3, 0.4) is 0 Å². The summed E-state index contributed by atoms with van der Waals surface area (Å²) in [5, 5.41) is 0. The molecule has 15 heavy (non-hydrogen) atoms. The van der Waals surface area contributed by atoms with Gasteiger partial charge in [-0.2, -0.15) is 8.42 Å². The van der Waals surface area contributed by atoms with Gasteiger partial charge in [0.1, 0.15) is 0 Å². The van der Waals surface area contributed by atoms with Gasteiger partial charge in [0, 0.05) is 0 Å². The molecule has 3 nitrogen and oxygen atoms in total. The van der Waals surface area contributed by atoms with E-state index >= 15 is 0 Å². The zero-order valence-electron chi connectivity index (χ0n) is 9.28. The first-order valence-corrected chi connectivity index (χ1v) is 7.45. The highest BCUT2D eigenvalue weighted by Crippen LogP contribution is 2.51. The Hall–Kier alpha value is -0.0900. The smallest absolute Gasteiger partial charge is 0.265 e. The predicted molar refractivity (Wildman–Crippen MR) is 59.2 cm³/mol. The fraction of sp³-hybridized carbons (Fsp3) is 1.00. The fourth-order valence-corrected chi connectivity index (χ4v) is 5.09. The molecule has 0 heterocycles. The van der Waals surface area contributed by atoms with E-state index in [1.807, 2.05) is 0 Å². The standard InChI is InChI=1S/C11H20O3S/c1-9-5-10-3-2-4-11(6-9,7-10)8-15(12,13)14/h9-10H,2-8H2,1H3,(H,12,13,14). The molecule has 0 saturated heterocycles. The summed E-state index contributed by atoms with van der Waals surface area (Å²) in [7, 11) is -3.81. The molecule has 2 aliphatic carbocycles. The molecule has 0 spiro atoms. The SMILES string of the molecule is CC1CC2CCCC(CS(=O)(=O)O)(C1)C2. The summed E-state index contributed by atoms with van der Waals surface area (Å²) in [6.45, 7) is 2.20. The third kappa shape index (κ3) is 2.72. The van der Waals surface area contributed by atoms with Crippen molar-refractivity contribution in [3.8, 4) is 0 Å². The van der Waals surface area contributed by atoms with E-state index < -0.39 is 10.1 Å². The number of rotatable bonds is 2.